The Morgan fingerprint density at radius 2 is 2.62 bits per heavy atom. The van der Waals surface area contributed by atoms with Crippen LogP contribution in [-0.2, 0) is 6.42 Å². The van der Waals surface area contributed by atoms with Crippen LogP contribution in [0, 0.1) is 0 Å². The Balaban J connectivity index is 2.50. The highest BCUT2D eigenvalue weighted by Gasteiger charge is 1.92. The maximum absolute atomic E-state index is 4.49. The van der Waals surface area contributed by atoms with Gasteiger partial charge in [0, 0.05) is 17.0 Å². The molecule has 1 aromatic rings. The second-order valence-corrected chi connectivity index (χ2v) is 2.13. The van der Waals surface area contributed by atoms with Crippen molar-refractivity contribution in [3.05, 3.63) is 12.0 Å². The number of alkyl halides is 1. The van der Waals surface area contributed by atoms with Gasteiger partial charge in [0.05, 0.1) is 0 Å². The number of hydrogen-bond acceptors (Lipinski definition) is 3. The van der Waals surface area contributed by atoms with E-state index in [2.05, 4.69) is 30.8 Å². The molecule has 0 saturated heterocycles. The molecule has 1 heterocycles. The molecule has 3 nitrogen and oxygen atoms in total. The molecule has 4 heteroatoms. The third-order valence-corrected chi connectivity index (χ3v) is 1.15. The van der Waals surface area contributed by atoms with Gasteiger partial charge in [-0.3, -0.25) is 0 Å². The molecular formula is C4H5BrN2O. The molecule has 0 N–H and O–H groups in total. The van der Waals surface area contributed by atoms with Crippen LogP contribution in [0.5, 0.6) is 0 Å². The largest absolute Gasteiger partial charge is 0.345 e. The molecule has 8 heavy (non-hydrogen) atoms. The first kappa shape index (κ1) is 5.75. The van der Waals surface area contributed by atoms with Crippen molar-refractivity contribution < 1.29 is 4.52 Å². The maximum Gasteiger partial charge on any atom is 0.147 e. The molecule has 0 atom stereocenters. The van der Waals surface area contributed by atoms with Crippen LogP contribution >= 0.6 is 15.9 Å². The Hall–Kier alpha value is -0.380. The fraction of sp³-hybridized carbons (Fsp3) is 0.500. The lowest BCUT2D eigenvalue weighted by Crippen LogP contribution is -1.83. The zero-order valence-electron chi connectivity index (χ0n) is 4.17. The molecule has 0 aliphatic carbocycles. The van der Waals surface area contributed by atoms with Crippen LogP contribution in [0.1, 0.15) is 5.69 Å². The SMILES string of the molecule is BrCCc1conn1. The van der Waals surface area contributed by atoms with E-state index in [4.69, 9.17) is 0 Å². The third kappa shape index (κ3) is 1.30. The van der Waals surface area contributed by atoms with Gasteiger partial charge in [0.1, 0.15) is 12.0 Å². The first-order valence-electron chi connectivity index (χ1n) is 2.25. The summed E-state index contributed by atoms with van der Waals surface area (Å²) in [5, 5.41) is 7.86. The van der Waals surface area contributed by atoms with Gasteiger partial charge in [0.2, 0.25) is 0 Å². The quantitative estimate of drug-likeness (QED) is 0.632. The third-order valence-electron chi connectivity index (χ3n) is 0.756. The first-order chi connectivity index (χ1) is 3.93. The van der Waals surface area contributed by atoms with Gasteiger partial charge in [-0.15, -0.1) is 5.10 Å². The van der Waals surface area contributed by atoms with Crippen molar-refractivity contribution in [2.45, 2.75) is 6.42 Å². The predicted molar refractivity (Wildman–Crippen MR) is 31.8 cm³/mol. The number of rotatable bonds is 2. The summed E-state index contributed by atoms with van der Waals surface area (Å²) in [6.07, 6.45) is 2.42. The van der Waals surface area contributed by atoms with E-state index < -0.39 is 0 Å². The molecular weight excluding hydrogens is 172 g/mol. The zero-order chi connectivity index (χ0) is 5.82. The molecule has 0 saturated carbocycles. The summed E-state index contributed by atoms with van der Waals surface area (Å²) in [4.78, 5) is 0. The molecule has 0 unspecified atom stereocenters. The van der Waals surface area contributed by atoms with E-state index in [9.17, 15) is 0 Å². The molecule has 44 valence electrons. The minimum absolute atomic E-state index is 0.878. The molecule has 0 aliphatic heterocycles. The number of aryl methyl sites for hydroxylation is 1. The fourth-order valence-corrected chi connectivity index (χ4v) is 0.796. The summed E-state index contributed by atoms with van der Waals surface area (Å²) >= 11 is 3.26. The topological polar surface area (TPSA) is 38.9 Å². The van der Waals surface area contributed by atoms with E-state index in [0.29, 0.717) is 0 Å². The molecule has 0 spiro atoms. The van der Waals surface area contributed by atoms with Gasteiger partial charge in [-0.1, -0.05) is 15.9 Å². The average molecular weight is 177 g/mol. The van der Waals surface area contributed by atoms with Crippen molar-refractivity contribution >= 4 is 15.9 Å². The highest BCUT2D eigenvalue weighted by molar-refractivity contribution is 9.09. The highest BCUT2D eigenvalue weighted by atomic mass is 79.9. The van der Waals surface area contributed by atoms with Crippen LogP contribution in [0.15, 0.2) is 10.8 Å². The minimum Gasteiger partial charge on any atom is -0.345 e. The van der Waals surface area contributed by atoms with Crippen molar-refractivity contribution in [1.29, 1.82) is 0 Å². The van der Waals surface area contributed by atoms with Crippen LogP contribution in [0.25, 0.3) is 0 Å². The Kier molecular flexibility index (Phi) is 2.02. The fourth-order valence-electron chi connectivity index (χ4n) is 0.390. The van der Waals surface area contributed by atoms with E-state index in [0.717, 1.165) is 17.4 Å². The van der Waals surface area contributed by atoms with Crippen molar-refractivity contribution in [2.24, 2.45) is 0 Å². The van der Waals surface area contributed by atoms with Gasteiger partial charge >= 0.3 is 0 Å². The van der Waals surface area contributed by atoms with E-state index in [1.165, 1.54) is 0 Å². The molecule has 1 rings (SSSR count). The normalized spacial score (nSPS) is 9.62. The summed E-state index contributed by atoms with van der Waals surface area (Å²) in [5.41, 5.74) is 0.891. The van der Waals surface area contributed by atoms with E-state index in [1.54, 1.807) is 6.26 Å². The van der Waals surface area contributed by atoms with Crippen LogP contribution in [0.3, 0.4) is 0 Å². The van der Waals surface area contributed by atoms with E-state index in [1.807, 2.05) is 0 Å². The highest BCUT2D eigenvalue weighted by Crippen LogP contribution is 1.94. The Labute approximate surface area is 55.2 Å². The molecule has 0 radical (unpaired) electrons. The predicted octanol–water partition coefficient (Wildman–Crippen LogP) is 1.01. The first-order valence-corrected chi connectivity index (χ1v) is 3.37. The van der Waals surface area contributed by atoms with Crippen molar-refractivity contribution in [3.8, 4) is 0 Å². The van der Waals surface area contributed by atoms with Gasteiger partial charge in [-0.05, 0) is 0 Å². The molecule has 1 aromatic heterocycles. The zero-order valence-corrected chi connectivity index (χ0v) is 5.76. The van der Waals surface area contributed by atoms with Crippen LogP contribution in [0.4, 0.5) is 0 Å². The minimum atomic E-state index is 0.878. The lowest BCUT2D eigenvalue weighted by molar-refractivity contribution is 0.392. The second kappa shape index (κ2) is 2.81. The van der Waals surface area contributed by atoms with Crippen molar-refractivity contribution in [2.75, 3.05) is 5.33 Å². The lowest BCUT2D eigenvalue weighted by Gasteiger charge is -1.79. The number of halogens is 1. The summed E-state index contributed by atoms with van der Waals surface area (Å²) in [6.45, 7) is 0. The lowest BCUT2D eigenvalue weighted by atomic mass is 10.4. The smallest absolute Gasteiger partial charge is 0.147 e. The summed E-state index contributed by atoms with van der Waals surface area (Å²) in [6, 6.07) is 0. The van der Waals surface area contributed by atoms with Gasteiger partial charge < -0.3 is 4.52 Å². The second-order valence-electron chi connectivity index (χ2n) is 1.34. The molecule has 0 aliphatic rings. The molecule has 0 aromatic carbocycles. The Bertz CT molecular complexity index is 140. The Morgan fingerprint density at radius 3 is 3.12 bits per heavy atom. The van der Waals surface area contributed by atoms with Crippen molar-refractivity contribution in [3.63, 3.8) is 0 Å². The average Bonchev–Trinajstić information content (AvgIpc) is 2.19. The van der Waals surface area contributed by atoms with Crippen molar-refractivity contribution in [1.82, 2.24) is 10.4 Å². The van der Waals surface area contributed by atoms with E-state index in [-0.39, 0.29) is 0 Å². The van der Waals surface area contributed by atoms with Crippen LogP contribution in [-0.4, -0.2) is 15.7 Å². The number of nitrogens with zero attached hydrogens (tertiary/aromatic N) is 2. The van der Waals surface area contributed by atoms with Gasteiger partial charge in [0.25, 0.3) is 0 Å². The van der Waals surface area contributed by atoms with Gasteiger partial charge in [-0.2, -0.15) is 0 Å². The maximum atomic E-state index is 4.49. The molecule has 0 amide bonds. The molecule has 0 fully saturated rings. The summed E-state index contributed by atoms with van der Waals surface area (Å²) < 4.78 is 4.49. The summed E-state index contributed by atoms with van der Waals surface area (Å²) in [7, 11) is 0. The monoisotopic (exact) mass is 176 g/mol. The van der Waals surface area contributed by atoms with Crippen LogP contribution in [0.2, 0.25) is 0 Å². The number of aromatic nitrogens is 2. The summed E-state index contributed by atoms with van der Waals surface area (Å²) in [5.74, 6) is 0. The molecule has 0 bridgehead atoms. The van der Waals surface area contributed by atoms with Crippen LogP contribution < -0.4 is 0 Å². The van der Waals surface area contributed by atoms with Gasteiger partial charge in [0.15, 0.2) is 0 Å². The number of hydrogen-bond donors (Lipinski definition) is 0. The van der Waals surface area contributed by atoms with E-state index >= 15 is 0 Å². The van der Waals surface area contributed by atoms with Gasteiger partial charge in [-0.25, -0.2) is 0 Å². The Morgan fingerprint density at radius 1 is 1.75 bits per heavy atom. The standard InChI is InChI=1S/C4H5BrN2O/c5-2-1-4-3-8-7-6-4/h3H,1-2H2.